The van der Waals surface area contributed by atoms with Gasteiger partial charge in [0, 0.05) is 89.7 Å². The second-order valence-electron chi connectivity index (χ2n) is 18.2. The molecule has 0 aliphatic heterocycles. The standard InChI is InChI=1S/C64H36N6S2/c65-37-38-27-29-42(55(35-38)70-51-24-12-8-22-48(51)59-54(70)34-31-46-44-20-10-14-26-57(44)72-61(46)59)49-36-41(64-67-62(39-15-3-1-4-16-39)66-63(68-64)40-17-5-2-6-18-40)28-32-52(49)69-50-23-11-7-21-47(50)58-53(69)33-30-45-43-19-9-13-25-56(43)71-60(45)58/h1-36H. The molecule has 334 valence electrons. The lowest BCUT2D eigenvalue weighted by Crippen LogP contribution is -2.04. The van der Waals surface area contributed by atoms with E-state index < -0.39 is 0 Å². The summed E-state index contributed by atoms with van der Waals surface area (Å²) in [6.45, 7) is 0. The molecule has 5 aromatic heterocycles. The van der Waals surface area contributed by atoms with E-state index in [2.05, 4.69) is 167 Å². The van der Waals surface area contributed by atoms with Gasteiger partial charge in [0.2, 0.25) is 0 Å². The Labute approximate surface area is 420 Å². The lowest BCUT2D eigenvalue weighted by atomic mass is 9.96. The first-order valence-corrected chi connectivity index (χ1v) is 25.5. The van der Waals surface area contributed by atoms with E-state index in [1.165, 1.54) is 56.5 Å². The van der Waals surface area contributed by atoms with Crippen molar-refractivity contribution in [2.45, 2.75) is 0 Å². The van der Waals surface area contributed by atoms with Crippen LogP contribution in [0.15, 0.2) is 218 Å². The summed E-state index contributed by atoms with van der Waals surface area (Å²) in [4.78, 5) is 15.5. The van der Waals surface area contributed by atoms with E-state index in [1.807, 2.05) is 89.4 Å². The van der Waals surface area contributed by atoms with Crippen LogP contribution in [0.25, 0.3) is 141 Å². The van der Waals surface area contributed by atoms with E-state index in [1.54, 1.807) is 0 Å². The molecule has 6 nitrogen and oxygen atoms in total. The van der Waals surface area contributed by atoms with Crippen LogP contribution < -0.4 is 0 Å². The molecule has 0 radical (unpaired) electrons. The lowest BCUT2D eigenvalue weighted by Gasteiger charge is -2.20. The van der Waals surface area contributed by atoms with Crippen LogP contribution in [0.4, 0.5) is 0 Å². The predicted molar refractivity (Wildman–Crippen MR) is 301 cm³/mol. The Balaban J connectivity index is 1.06. The fourth-order valence-corrected chi connectivity index (χ4v) is 13.5. The number of para-hydroxylation sites is 2. The third-order valence-electron chi connectivity index (χ3n) is 14.2. The molecule has 0 amide bonds. The zero-order chi connectivity index (χ0) is 47.4. The van der Waals surface area contributed by atoms with Crippen molar-refractivity contribution < 1.29 is 0 Å². The van der Waals surface area contributed by atoms with Gasteiger partial charge in [-0.25, -0.2) is 15.0 Å². The van der Waals surface area contributed by atoms with Crippen LogP contribution in [0.5, 0.6) is 0 Å². The number of benzene rings is 10. The summed E-state index contributed by atoms with van der Waals surface area (Å²) in [6.07, 6.45) is 0. The average molecular weight is 953 g/mol. The van der Waals surface area contributed by atoms with Crippen LogP contribution in [-0.4, -0.2) is 24.1 Å². The Kier molecular flexibility index (Phi) is 8.96. The highest BCUT2D eigenvalue weighted by Crippen LogP contribution is 2.48. The van der Waals surface area contributed by atoms with E-state index in [-0.39, 0.29) is 0 Å². The number of aromatic nitrogens is 5. The monoisotopic (exact) mass is 952 g/mol. The molecule has 0 saturated heterocycles. The molecule has 0 bridgehead atoms. The third-order valence-corrected chi connectivity index (χ3v) is 16.6. The Hall–Kier alpha value is -9.26. The zero-order valence-corrected chi connectivity index (χ0v) is 39.9. The molecule has 0 unspecified atom stereocenters. The first-order valence-electron chi connectivity index (χ1n) is 23.9. The van der Waals surface area contributed by atoms with Gasteiger partial charge in [0.05, 0.1) is 45.1 Å². The van der Waals surface area contributed by atoms with E-state index in [0.29, 0.717) is 23.0 Å². The average Bonchev–Trinajstić information content (AvgIpc) is 4.21. The molecule has 0 spiro atoms. The summed E-state index contributed by atoms with van der Waals surface area (Å²) in [6, 6.07) is 79.5. The van der Waals surface area contributed by atoms with Crippen LogP contribution in [0.2, 0.25) is 0 Å². The lowest BCUT2D eigenvalue weighted by molar-refractivity contribution is 1.07. The number of rotatable bonds is 6. The van der Waals surface area contributed by atoms with Gasteiger partial charge in [0.25, 0.3) is 0 Å². The van der Waals surface area contributed by atoms with Crippen LogP contribution >= 0.6 is 22.7 Å². The zero-order valence-electron chi connectivity index (χ0n) is 38.3. The molecule has 8 heteroatoms. The molecule has 15 rings (SSSR count). The smallest absolute Gasteiger partial charge is 0.164 e. The van der Waals surface area contributed by atoms with Gasteiger partial charge in [-0.3, -0.25) is 0 Å². The van der Waals surface area contributed by atoms with Crippen molar-refractivity contribution in [2.24, 2.45) is 0 Å². The van der Waals surface area contributed by atoms with Crippen molar-refractivity contribution in [3.05, 3.63) is 224 Å². The van der Waals surface area contributed by atoms with Crippen molar-refractivity contribution in [1.82, 2.24) is 24.1 Å². The molecule has 15 aromatic rings. The van der Waals surface area contributed by atoms with Crippen molar-refractivity contribution >= 4 is 107 Å². The molecule has 0 saturated carbocycles. The highest BCUT2D eigenvalue weighted by molar-refractivity contribution is 7.27. The quantitative estimate of drug-likeness (QED) is 0.166. The van der Waals surface area contributed by atoms with Crippen LogP contribution in [0.3, 0.4) is 0 Å². The highest BCUT2D eigenvalue weighted by Gasteiger charge is 2.25. The highest BCUT2D eigenvalue weighted by atomic mass is 32.1. The van der Waals surface area contributed by atoms with E-state index in [0.717, 1.165) is 66.6 Å². The molecule has 5 heterocycles. The minimum atomic E-state index is 0.559. The van der Waals surface area contributed by atoms with Gasteiger partial charge in [0.1, 0.15) is 0 Å². The fraction of sp³-hybridized carbons (Fsp3) is 0. The topological polar surface area (TPSA) is 72.3 Å². The van der Waals surface area contributed by atoms with Crippen LogP contribution in [0, 0.1) is 11.3 Å². The minimum Gasteiger partial charge on any atom is -0.309 e. The maximum absolute atomic E-state index is 10.7. The Bertz CT molecular complexity index is 4710. The molecule has 0 atom stereocenters. The van der Waals surface area contributed by atoms with Crippen LogP contribution in [-0.2, 0) is 0 Å². The van der Waals surface area contributed by atoms with Gasteiger partial charge >= 0.3 is 0 Å². The Morgan fingerprint density at radius 2 is 0.819 bits per heavy atom. The second kappa shape index (κ2) is 15.9. The summed E-state index contributed by atoms with van der Waals surface area (Å²) in [5, 5.41) is 20.5. The summed E-state index contributed by atoms with van der Waals surface area (Å²) < 4.78 is 9.85. The molecule has 10 aromatic carbocycles. The number of thiophene rings is 2. The van der Waals surface area contributed by atoms with E-state index in [4.69, 9.17) is 15.0 Å². The number of fused-ring (bicyclic) bond motifs is 14. The first kappa shape index (κ1) is 40.6. The van der Waals surface area contributed by atoms with Gasteiger partial charge in [-0.2, -0.15) is 5.26 Å². The largest absolute Gasteiger partial charge is 0.309 e. The summed E-state index contributed by atoms with van der Waals surface area (Å²) in [7, 11) is 0. The van der Waals surface area contributed by atoms with Crippen molar-refractivity contribution in [1.29, 1.82) is 5.26 Å². The maximum Gasteiger partial charge on any atom is 0.164 e. The maximum atomic E-state index is 10.7. The first-order chi connectivity index (χ1) is 35.7. The van der Waals surface area contributed by atoms with Crippen molar-refractivity contribution in [2.75, 3.05) is 0 Å². The molecular formula is C64H36N6S2. The number of hydrogen-bond donors (Lipinski definition) is 0. The third kappa shape index (κ3) is 6.09. The predicted octanol–water partition coefficient (Wildman–Crippen LogP) is 17.3. The Morgan fingerprint density at radius 3 is 1.36 bits per heavy atom. The summed E-state index contributed by atoms with van der Waals surface area (Å²) >= 11 is 3.69. The van der Waals surface area contributed by atoms with Gasteiger partial charge in [0.15, 0.2) is 17.5 Å². The molecule has 0 fully saturated rings. The normalized spacial score (nSPS) is 11.9. The molecular weight excluding hydrogens is 917 g/mol. The van der Waals surface area contributed by atoms with Crippen LogP contribution in [0.1, 0.15) is 5.56 Å². The van der Waals surface area contributed by atoms with Crippen molar-refractivity contribution in [3.8, 4) is 62.7 Å². The number of hydrogen-bond acceptors (Lipinski definition) is 6. The number of nitrogens with zero attached hydrogens (tertiary/aromatic N) is 6. The van der Waals surface area contributed by atoms with E-state index in [9.17, 15) is 5.26 Å². The molecule has 0 N–H and O–H groups in total. The van der Waals surface area contributed by atoms with Gasteiger partial charge in [-0.15, -0.1) is 22.7 Å². The molecule has 72 heavy (non-hydrogen) atoms. The van der Waals surface area contributed by atoms with E-state index >= 15 is 0 Å². The fourth-order valence-electron chi connectivity index (χ4n) is 11.0. The second-order valence-corrected chi connectivity index (χ2v) is 20.3. The Morgan fingerprint density at radius 1 is 0.347 bits per heavy atom. The SMILES string of the molecule is N#Cc1ccc(-c2cc(-c3nc(-c4ccccc4)nc(-c4ccccc4)n3)ccc2-n2c3ccccc3c3c4sc5ccccc5c4ccc32)c(-n2c3ccccc3c3c4sc5ccccc5c4ccc32)c1. The summed E-state index contributed by atoms with van der Waals surface area (Å²) in [5.74, 6) is 1.75. The minimum absolute atomic E-state index is 0.559. The molecule has 0 aliphatic rings. The van der Waals surface area contributed by atoms with Crippen molar-refractivity contribution in [3.63, 3.8) is 0 Å². The number of nitriles is 1. The van der Waals surface area contributed by atoms with Gasteiger partial charge in [-0.05, 0) is 66.7 Å². The van der Waals surface area contributed by atoms with Gasteiger partial charge < -0.3 is 9.13 Å². The van der Waals surface area contributed by atoms with Gasteiger partial charge in [-0.1, -0.05) is 152 Å². The summed E-state index contributed by atoms with van der Waals surface area (Å²) in [5.41, 5.74) is 11.4. The molecule has 0 aliphatic carbocycles.